The van der Waals surface area contributed by atoms with Crippen LogP contribution in [0.4, 0.5) is 0 Å². The van der Waals surface area contributed by atoms with Gasteiger partial charge in [-0.05, 0) is 0 Å². The predicted molar refractivity (Wildman–Crippen MR) is 40.3 cm³/mol. The lowest BCUT2D eigenvalue weighted by atomic mass is 10.2. The molecule has 0 unspecified atom stereocenters. The summed E-state index contributed by atoms with van der Waals surface area (Å²) in [6.07, 6.45) is -0.169. The molecule has 5 heteroatoms. The number of hydrogen-bond acceptors (Lipinski definition) is 5. The van der Waals surface area contributed by atoms with Gasteiger partial charge in [0, 0.05) is 20.0 Å². The van der Waals surface area contributed by atoms with E-state index in [1.807, 2.05) is 0 Å². The van der Waals surface area contributed by atoms with E-state index in [9.17, 15) is 0 Å². The normalized spacial score (nSPS) is 19.5. The molecule has 1 N–H and O–H groups in total. The largest absolute Gasteiger partial charge is 0.390 e. The van der Waals surface area contributed by atoms with Crippen molar-refractivity contribution in [3.05, 3.63) is 11.7 Å². The summed E-state index contributed by atoms with van der Waals surface area (Å²) in [4.78, 5) is 6.12. The Hall–Kier alpha value is -0.940. The van der Waals surface area contributed by atoms with Gasteiger partial charge in [-0.2, -0.15) is 4.98 Å². The van der Waals surface area contributed by atoms with Crippen LogP contribution in [0.5, 0.6) is 0 Å². The molecule has 1 aliphatic rings. The van der Waals surface area contributed by atoms with Crippen LogP contribution >= 0.6 is 0 Å². The van der Waals surface area contributed by atoms with E-state index in [0.29, 0.717) is 31.3 Å². The van der Waals surface area contributed by atoms with Gasteiger partial charge in [0.2, 0.25) is 5.89 Å². The van der Waals surface area contributed by atoms with Crippen molar-refractivity contribution in [3.63, 3.8) is 0 Å². The van der Waals surface area contributed by atoms with Gasteiger partial charge in [0.1, 0.15) is 0 Å². The van der Waals surface area contributed by atoms with Crippen LogP contribution in [0, 0.1) is 6.92 Å². The fourth-order valence-corrected chi connectivity index (χ4v) is 1.28. The molecule has 1 aliphatic heterocycles. The molecule has 1 aromatic heterocycles. The summed E-state index contributed by atoms with van der Waals surface area (Å²) in [6.45, 7) is 3.87. The van der Waals surface area contributed by atoms with Crippen molar-refractivity contribution >= 4 is 0 Å². The van der Waals surface area contributed by atoms with Crippen molar-refractivity contribution in [2.45, 2.75) is 19.6 Å². The maximum Gasteiger partial charge on any atom is 0.223 e. The second kappa shape index (κ2) is 2.84. The topological polar surface area (TPSA) is 62.4 Å². The lowest BCUT2D eigenvalue weighted by Gasteiger charge is -2.34. The van der Waals surface area contributed by atoms with Crippen LogP contribution in [-0.4, -0.2) is 39.3 Å². The quantitative estimate of drug-likeness (QED) is 0.650. The molecule has 0 radical (unpaired) electrons. The summed E-state index contributed by atoms with van der Waals surface area (Å²) >= 11 is 0. The Kier molecular flexibility index (Phi) is 1.82. The van der Waals surface area contributed by atoms with Crippen molar-refractivity contribution in [1.29, 1.82) is 0 Å². The molecule has 2 rings (SSSR count). The highest BCUT2D eigenvalue weighted by Crippen LogP contribution is 2.10. The molecule has 0 aromatic carbocycles. The first-order chi connectivity index (χ1) is 5.74. The number of likely N-dealkylation sites (tertiary alicyclic amines) is 1. The van der Waals surface area contributed by atoms with E-state index < -0.39 is 0 Å². The highest BCUT2D eigenvalue weighted by Gasteiger charge is 2.25. The molecule has 0 bridgehead atoms. The Morgan fingerprint density at radius 1 is 1.67 bits per heavy atom. The maximum absolute atomic E-state index is 9.00. The van der Waals surface area contributed by atoms with E-state index in [1.165, 1.54) is 0 Å². The lowest BCUT2D eigenvalue weighted by Crippen LogP contribution is -2.49. The number of aliphatic hydroxyl groups excluding tert-OH is 1. The lowest BCUT2D eigenvalue weighted by molar-refractivity contribution is -0.00461. The molecule has 5 nitrogen and oxygen atoms in total. The third kappa shape index (κ3) is 1.46. The SMILES string of the molecule is Cc1nc(CN2CC(O)C2)no1. The zero-order valence-electron chi connectivity index (χ0n) is 6.90. The summed E-state index contributed by atoms with van der Waals surface area (Å²) in [7, 11) is 0. The average Bonchev–Trinajstić information content (AvgIpc) is 2.33. The van der Waals surface area contributed by atoms with Gasteiger partial charge in [0.25, 0.3) is 0 Å². The molecule has 12 heavy (non-hydrogen) atoms. The highest BCUT2D eigenvalue weighted by atomic mass is 16.5. The summed E-state index contributed by atoms with van der Waals surface area (Å²) < 4.78 is 4.81. The second-order valence-corrected chi connectivity index (χ2v) is 3.08. The van der Waals surface area contributed by atoms with Gasteiger partial charge in [0.05, 0.1) is 12.6 Å². The van der Waals surface area contributed by atoms with E-state index in [4.69, 9.17) is 9.63 Å². The van der Waals surface area contributed by atoms with Crippen molar-refractivity contribution < 1.29 is 9.63 Å². The first-order valence-electron chi connectivity index (χ1n) is 3.93. The minimum Gasteiger partial charge on any atom is -0.390 e. The molecule has 0 saturated carbocycles. The molecule has 1 saturated heterocycles. The number of hydrogen-bond donors (Lipinski definition) is 1. The first-order valence-corrected chi connectivity index (χ1v) is 3.93. The van der Waals surface area contributed by atoms with Crippen LogP contribution in [0.3, 0.4) is 0 Å². The van der Waals surface area contributed by atoms with Crippen molar-refractivity contribution in [3.8, 4) is 0 Å². The number of aliphatic hydroxyl groups is 1. The van der Waals surface area contributed by atoms with Crippen LogP contribution in [0.1, 0.15) is 11.7 Å². The fourth-order valence-electron chi connectivity index (χ4n) is 1.28. The molecular weight excluding hydrogens is 158 g/mol. The number of aryl methyl sites for hydroxylation is 1. The monoisotopic (exact) mass is 169 g/mol. The molecular formula is C7H11N3O2. The molecule has 0 atom stereocenters. The van der Waals surface area contributed by atoms with Crippen LogP contribution in [-0.2, 0) is 6.54 Å². The van der Waals surface area contributed by atoms with E-state index in [2.05, 4.69) is 15.0 Å². The van der Waals surface area contributed by atoms with Crippen molar-refractivity contribution in [2.24, 2.45) is 0 Å². The maximum atomic E-state index is 9.00. The fraction of sp³-hybridized carbons (Fsp3) is 0.714. The summed E-state index contributed by atoms with van der Waals surface area (Å²) in [5.74, 6) is 1.28. The molecule has 2 heterocycles. The minimum atomic E-state index is -0.169. The predicted octanol–water partition coefficient (Wildman–Crippen LogP) is -0.445. The number of aromatic nitrogens is 2. The second-order valence-electron chi connectivity index (χ2n) is 3.08. The highest BCUT2D eigenvalue weighted by molar-refractivity contribution is 4.88. The summed E-state index contributed by atoms with van der Waals surface area (Å²) in [6, 6.07) is 0. The smallest absolute Gasteiger partial charge is 0.223 e. The van der Waals surface area contributed by atoms with Crippen LogP contribution in [0.2, 0.25) is 0 Å². The molecule has 1 aromatic rings. The van der Waals surface area contributed by atoms with Gasteiger partial charge in [-0.25, -0.2) is 0 Å². The molecule has 1 fully saturated rings. The number of β-amino-alcohol motifs (C(OH)–C–C–N with tert-alkyl or cyclic N) is 1. The third-order valence-corrected chi connectivity index (χ3v) is 1.87. The van der Waals surface area contributed by atoms with Crippen LogP contribution in [0.15, 0.2) is 4.52 Å². The zero-order valence-corrected chi connectivity index (χ0v) is 6.90. The molecule has 0 spiro atoms. The molecule has 66 valence electrons. The Bertz CT molecular complexity index is 267. The molecule has 0 aliphatic carbocycles. The van der Waals surface area contributed by atoms with E-state index in [1.54, 1.807) is 6.92 Å². The third-order valence-electron chi connectivity index (χ3n) is 1.87. The summed E-state index contributed by atoms with van der Waals surface area (Å²) in [5, 5.41) is 12.7. The van der Waals surface area contributed by atoms with Gasteiger partial charge < -0.3 is 9.63 Å². The van der Waals surface area contributed by atoms with Gasteiger partial charge in [0.15, 0.2) is 5.82 Å². The van der Waals surface area contributed by atoms with Crippen LogP contribution in [0.25, 0.3) is 0 Å². The van der Waals surface area contributed by atoms with Crippen molar-refractivity contribution in [1.82, 2.24) is 15.0 Å². The van der Waals surface area contributed by atoms with Crippen LogP contribution < -0.4 is 0 Å². The Labute approximate surface area is 70.0 Å². The van der Waals surface area contributed by atoms with E-state index in [0.717, 1.165) is 0 Å². The van der Waals surface area contributed by atoms with Gasteiger partial charge in [-0.15, -0.1) is 0 Å². The first kappa shape index (κ1) is 7.70. The Balaban J connectivity index is 1.88. The Morgan fingerprint density at radius 2 is 2.42 bits per heavy atom. The molecule has 0 amide bonds. The number of nitrogens with zero attached hydrogens (tertiary/aromatic N) is 3. The number of rotatable bonds is 2. The standard InChI is InChI=1S/C7H11N3O2/c1-5-8-7(9-12-5)4-10-2-6(11)3-10/h6,11H,2-4H2,1H3. The van der Waals surface area contributed by atoms with Gasteiger partial charge >= 0.3 is 0 Å². The van der Waals surface area contributed by atoms with Gasteiger partial charge in [-0.3, -0.25) is 4.90 Å². The van der Waals surface area contributed by atoms with E-state index >= 15 is 0 Å². The Morgan fingerprint density at radius 3 is 2.92 bits per heavy atom. The van der Waals surface area contributed by atoms with E-state index in [-0.39, 0.29) is 6.10 Å². The van der Waals surface area contributed by atoms with Crippen molar-refractivity contribution in [2.75, 3.05) is 13.1 Å². The van der Waals surface area contributed by atoms with Gasteiger partial charge in [-0.1, -0.05) is 5.16 Å². The summed E-state index contributed by atoms with van der Waals surface area (Å²) in [5.41, 5.74) is 0. The average molecular weight is 169 g/mol. The minimum absolute atomic E-state index is 0.169. The zero-order chi connectivity index (χ0) is 8.55.